The van der Waals surface area contributed by atoms with E-state index in [4.69, 9.17) is 18.5 Å². The molecule has 10 heteroatoms. The van der Waals surface area contributed by atoms with E-state index >= 15 is 0 Å². The van der Waals surface area contributed by atoms with Crippen LogP contribution in [-0.4, -0.2) is 70.0 Å². The van der Waals surface area contributed by atoms with Crippen LogP contribution in [0.5, 0.6) is 0 Å². The van der Waals surface area contributed by atoms with Gasteiger partial charge in [0, 0.05) is 12.8 Å². The lowest BCUT2D eigenvalue weighted by molar-refractivity contribution is -0.870. The molecule has 0 rings (SSSR count). The topological polar surface area (TPSA) is 111 Å². The molecule has 0 radical (unpaired) electrons. The molecule has 496 valence electrons. The molecule has 0 spiro atoms. The molecule has 0 saturated heterocycles. The molecule has 0 aliphatic heterocycles. The Labute approximate surface area is 518 Å². The summed E-state index contributed by atoms with van der Waals surface area (Å²) in [5.74, 6) is -0.802. The average molecular weight is 1200 g/mol. The van der Waals surface area contributed by atoms with Gasteiger partial charge in [0.05, 0.1) is 27.7 Å². The first-order valence-corrected chi connectivity index (χ1v) is 38.7. The number of esters is 2. The maximum absolute atomic E-state index is 12.9. The van der Waals surface area contributed by atoms with E-state index in [1.807, 2.05) is 21.1 Å². The van der Waals surface area contributed by atoms with Gasteiger partial charge in [0.25, 0.3) is 7.82 Å². The van der Waals surface area contributed by atoms with Gasteiger partial charge in [-0.3, -0.25) is 14.2 Å². The molecule has 83 heavy (non-hydrogen) atoms. The van der Waals surface area contributed by atoms with Gasteiger partial charge in [-0.25, -0.2) is 0 Å². The summed E-state index contributed by atoms with van der Waals surface area (Å²) in [6.45, 7) is 4.34. The van der Waals surface area contributed by atoms with Crippen molar-refractivity contribution in [1.82, 2.24) is 0 Å². The Kier molecular flexibility index (Phi) is 64.7. The third kappa shape index (κ3) is 70.0. The second kappa shape index (κ2) is 65.5. The van der Waals surface area contributed by atoms with Crippen LogP contribution in [0, 0.1) is 0 Å². The summed E-state index contributed by atoms with van der Waals surface area (Å²) in [5, 5.41) is 0. The van der Waals surface area contributed by atoms with E-state index in [2.05, 4.69) is 13.8 Å². The summed E-state index contributed by atoms with van der Waals surface area (Å²) >= 11 is 0. The Morgan fingerprint density at radius 1 is 0.325 bits per heavy atom. The van der Waals surface area contributed by atoms with Gasteiger partial charge in [-0.15, -0.1) is 0 Å². The van der Waals surface area contributed by atoms with Crippen molar-refractivity contribution in [3.63, 3.8) is 0 Å². The Morgan fingerprint density at radius 2 is 0.542 bits per heavy atom. The summed E-state index contributed by atoms with van der Waals surface area (Å²) in [4.78, 5) is 38.1. The molecule has 0 amide bonds. The maximum atomic E-state index is 12.9. The number of phosphoric ester groups is 1. The van der Waals surface area contributed by atoms with Crippen molar-refractivity contribution in [2.75, 3.05) is 47.5 Å². The first-order chi connectivity index (χ1) is 40.5. The van der Waals surface area contributed by atoms with Crippen LogP contribution < -0.4 is 4.89 Å². The molecule has 0 aromatic carbocycles. The quantitative estimate of drug-likeness (QED) is 0.0256. The third-order valence-corrected chi connectivity index (χ3v) is 18.3. The summed E-state index contributed by atoms with van der Waals surface area (Å²) in [6.07, 6.45) is 79.3. The number of unbranched alkanes of at least 4 members (excludes halogenated alkanes) is 57. The van der Waals surface area contributed by atoms with Gasteiger partial charge >= 0.3 is 11.9 Å². The maximum Gasteiger partial charge on any atom is 0.306 e. The molecule has 0 aliphatic carbocycles. The molecule has 2 unspecified atom stereocenters. The Bertz CT molecular complexity index is 1360. The number of hydrogen-bond donors (Lipinski definition) is 0. The van der Waals surface area contributed by atoms with Gasteiger partial charge in [-0.1, -0.05) is 380 Å². The number of carbonyl (C=O) groups is 2. The van der Waals surface area contributed by atoms with Crippen LogP contribution in [0.3, 0.4) is 0 Å². The van der Waals surface area contributed by atoms with Crippen molar-refractivity contribution in [1.29, 1.82) is 0 Å². The van der Waals surface area contributed by atoms with Crippen LogP contribution >= 0.6 is 7.82 Å². The van der Waals surface area contributed by atoms with Crippen LogP contribution in [0.2, 0.25) is 0 Å². The fourth-order valence-corrected chi connectivity index (χ4v) is 12.4. The third-order valence-electron chi connectivity index (χ3n) is 17.4. The highest BCUT2D eigenvalue weighted by molar-refractivity contribution is 7.45. The summed E-state index contributed by atoms with van der Waals surface area (Å²) in [7, 11) is 1.20. The molecule has 0 bridgehead atoms. The van der Waals surface area contributed by atoms with E-state index in [9.17, 15) is 19.0 Å². The highest BCUT2D eigenvalue weighted by Crippen LogP contribution is 2.38. The molecule has 0 aromatic rings. The lowest BCUT2D eigenvalue weighted by Gasteiger charge is -2.28. The molecule has 0 heterocycles. The number of quaternary nitrogens is 1. The van der Waals surface area contributed by atoms with Crippen molar-refractivity contribution in [3.05, 3.63) is 0 Å². The van der Waals surface area contributed by atoms with Crippen LogP contribution in [0.1, 0.15) is 406 Å². The van der Waals surface area contributed by atoms with Gasteiger partial charge in [-0.05, 0) is 12.8 Å². The first-order valence-electron chi connectivity index (χ1n) is 37.2. The number of carbonyl (C=O) groups excluding carboxylic acids is 2. The fourth-order valence-electron chi connectivity index (χ4n) is 11.7. The van der Waals surface area contributed by atoms with E-state index in [-0.39, 0.29) is 32.0 Å². The minimum atomic E-state index is -4.64. The predicted molar refractivity (Wildman–Crippen MR) is 356 cm³/mol. The molecular formula is C73H146NO8P. The van der Waals surface area contributed by atoms with Crippen molar-refractivity contribution in [3.8, 4) is 0 Å². The largest absolute Gasteiger partial charge is 0.756 e. The lowest BCUT2D eigenvalue weighted by Crippen LogP contribution is -2.37. The highest BCUT2D eigenvalue weighted by atomic mass is 31.2. The van der Waals surface area contributed by atoms with E-state index in [0.717, 1.165) is 32.1 Å². The molecular weight excluding hydrogens is 1050 g/mol. The van der Waals surface area contributed by atoms with Crippen molar-refractivity contribution >= 4 is 19.8 Å². The second-order valence-corrected chi connectivity index (χ2v) is 28.4. The second-order valence-electron chi connectivity index (χ2n) is 27.0. The van der Waals surface area contributed by atoms with Crippen LogP contribution in [0.4, 0.5) is 0 Å². The van der Waals surface area contributed by atoms with E-state index in [0.29, 0.717) is 17.4 Å². The molecule has 0 saturated carbocycles. The van der Waals surface area contributed by atoms with E-state index < -0.39 is 26.5 Å². The molecule has 0 fully saturated rings. The van der Waals surface area contributed by atoms with E-state index in [1.54, 1.807) is 0 Å². The zero-order valence-corrected chi connectivity index (χ0v) is 57.6. The zero-order chi connectivity index (χ0) is 60.5. The molecule has 2 atom stereocenters. The number of likely N-dealkylation sites (N-methyl/N-ethyl adjacent to an activating group) is 1. The lowest BCUT2D eigenvalue weighted by atomic mass is 10.0. The first kappa shape index (κ1) is 82.0. The summed E-state index contributed by atoms with van der Waals surface area (Å²) in [5.41, 5.74) is 0. The zero-order valence-electron chi connectivity index (χ0n) is 56.7. The fraction of sp³-hybridized carbons (Fsp3) is 0.973. The molecule has 9 nitrogen and oxygen atoms in total. The number of nitrogens with zero attached hydrogens (tertiary/aromatic N) is 1. The minimum absolute atomic E-state index is 0.0247. The minimum Gasteiger partial charge on any atom is -0.756 e. The molecule has 0 aromatic heterocycles. The number of rotatable bonds is 71. The Morgan fingerprint density at radius 3 is 0.771 bits per heavy atom. The summed E-state index contributed by atoms with van der Waals surface area (Å²) < 4.78 is 34.4. The van der Waals surface area contributed by atoms with E-state index in [1.165, 1.54) is 340 Å². The van der Waals surface area contributed by atoms with Gasteiger partial charge < -0.3 is 27.9 Å². The van der Waals surface area contributed by atoms with Gasteiger partial charge in [-0.2, -0.15) is 0 Å². The van der Waals surface area contributed by atoms with Gasteiger partial charge in [0.1, 0.15) is 19.8 Å². The number of ether oxygens (including phenoxy) is 2. The van der Waals surface area contributed by atoms with Gasteiger partial charge in [0.15, 0.2) is 6.10 Å². The predicted octanol–water partition coefficient (Wildman–Crippen LogP) is 23.5. The van der Waals surface area contributed by atoms with Crippen LogP contribution in [0.15, 0.2) is 0 Å². The van der Waals surface area contributed by atoms with Crippen LogP contribution in [-0.2, 0) is 32.7 Å². The Balaban J connectivity index is 3.93. The monoisotopic (exact) mass is 1200 g/mol. The number of phosphoric acid groups is 1. The van der Waals surface area contributed by atoms with Crippen molar-refractivity contribution < 1.29 is 42.1 Å². The van der Waals surface area contributed by atoms with Crippen molar-refractivity contribution in [2.45, 2.75) is 412 Å². The standard InChI is InChI=1S/C73H146NO8P/c1-6-8-10-12-14-16-18-20-22-24-26-28-30-32-34-35-36-37-38-39-40-42-44-46-48-50-52-54-56-58-60-62-64-66-73(76)82-71(70-81-83(77,78)80-68-67-74(3,4)5)69-79-72(75)65-63-61-59-57-55-53-51-49-47-45-43-41-33-31-29-27-25-23-21-19-17-15-13-11-9-7-2/h71H,6-70H2,1-5H3. The van der Waals surface area contributed by atoms with Crippen molar-refractivity contribution in [2.24, 2.45) is 0 Å². The molecule has 0 N–H and O–H groups in total. The normalized spacial score (nSPS) is 13.0. The number of hydrogen-bond acceptors (Lipinski definition) is 8. The molecule has 0 aliphatic rings. The SMILES string of the molecule is CCCCCCCCCCCCCCCCCCCCCCCCCCCCCCCCCCCC(=O)OC(COC(=O)CCCCCCCCCCCCCCCCCCCCCCCCCCCC)COP(=O)([O-])OCC[N+](C)(C)C. The smallest absolute Gasteiger partial charge is 0.306 e. The summed E-state index contributed by atoms with van der Waals surface area (Å²) in [6, 6.07) is 0. The van der Waals surface area contributed by atoms with Crippen LogP contribution in [0.25, 0.3) is 0 Å². The Hall–Kier alpha value is -0.990. The average Bonchev–Trinajstić information content (AvgIpc) is 3.48. The highest BCUT2D eigenvalue weighted by Gasteiger charge is 2.22. The van der Waals surface area contributed by atoms with Gasteiger partial charge in [0.2, 0.25) is 0 Å².